The maximum absolute atomic E-state index is 9.06. The minimum absolute atomic E-state index is 0.139. The van der Waals surface area contributed by atoms with Crippen molar-refractivity contribution in [2.75, 3.05) is 6.54 Å². The molecule has 0 saturated carbocycles. The molecule has 0 bridgehead atoms. The number of aliphatic hydroxyl groups excluding tert-OH is 1. The van der Waals surface area contributed by atoms with Crippen molar-refractivity contribution in [1.29, 1.82) is 0 Å². The smallest absolute Gasteiger partial charge is 0.224 e. The topological polar surface area (TPSA) is 72.3 Å². The van der Waals surface area contributed by atoms with E-state index < -0.39 is 6.10 Å². The summed E-state index contributed by atoms with van der Waals surface area (Å²) in [6.07, 6.45) is 0.780. The number of aliphatic hydroxyl groups is 1. The molecular weight excluding hydrogens is 132 g/mol. The van der Waals surface area contributed by atoms with E-state index in [1.165, 1.54) is 0 Å². The lowest BCUT2D eigenvalue weighted by Crippen LogP contribution is -2.11. The van der Waals surface area contributed by atoms with Crippen LogP contribution in [0, 0.1) is 6.92 Å². The Labute approximate surface area is 58.7 Å². The third kappa shape index (κ3) is 1.34. The first kappa shape index (κ1) is 7.24. The average Bonchev–Trinajstić information content (AvgIpc) is 2.34. The molecule has 1 heterocycles. The molecule has 1 atom stereocenters. The van der Waals surface area contributed by atoms with Gasteiger partial charge in [-0.1, -0.05) is 0 Å². The normalized spacial score (nSPS) is 13.5. The Morgan fingerprint density at radius 3 is 3.00 bits per heavy atom. The molecule has 1 rings (SSSR count). The third-order valence-corrected chi connectivity index (χ3v) is 1.15. The predicted octanol–water partition coefficient (Wildman–Crippen LogP) is -0.0249. The van der Waals surface area contributed by atoms with E-state index in [1.54, 1.807) is 13.1 Å². The van der Waals surface area contributed by atoms with E-state index in [1.807, 2.05) is 0 Å². The van der Waals surface area contributed by atoms with Gasteiger partial charge in [0.05, 0.1) is 6.20 Å². The highest BCUT2D eigenvalue weighted by Crippen LogP contribution is 2.09. The summed E-state index contributed by atoms with van der Waals surface area (Å²) in [7, 11) is 0. The van der Waals surface area contributed by atoms with Gasteiger partial charge in [0.2, 0.25) is 5.89 Å². The molecule has 0 aliphatic rings. The maximum atomic E-state index is 9.06. The van der Waals surface area contributed by atoms with Crippen LogP contribution in [0.4, 0.5) is 0 Å². The minimum atomic E-state index is -0.770. The SMILES string of the molecule is Cc1cnc(C(O)CN)o1. The molecule has 56 valence electrons. The van der Waals surface area contributed by atoms with Crippen molar-refractivity contribution in [1.82, 2.24) is 4.98 Å². The standard InChI is InChI=1S/C6H10N2O2/c1-4-3-8-6(10-4)5(9)2-7/h3,5,9H,2,7H2,1H3. The van der Waals surface area contributed by atoms with Crippen LogP contribution in [0.15, 0.2) is 10.6 Å². The quantitative estimate of drug-likeness (QED) is 0.608. The van der Waals surface area contributed by atoms with Crippen LogP contribution in [0.25, 0.3) is 0 Å². The van der Waals surface area contributed by atoms with Gasteiger partial charge in [-0.05, 0) is 6.92 Å². The monoisotopic (exact) mass is 142 g/mol. The number of rotatable bonds is 2. The van der Waals surface area contributed by atoms with Crippen molar-refractivity contribution in [2.24, 2.45) is 5.73 Å². The minimum Gasteiger partial charge on any atom is -0.443 e. The summed E-state index contributed by atoms with van der Waals surface area (Å²) in [5.74, 6) is 0.975. The molecule has 0 aromatic carbocycles. The number of nitrogens with two attached hydrogens (primary N) is 1. The summed E-state index contributed by atoms with van der Waals surface area (Å²) >= 11 is 0. The molecule has 0 aliphatic carbocycles. The van der Waals surface area contributed by atoms with Gasteiger partial charge in [-0.3, -0.25) is 0 Å². The molecule has 4 nitrogen and oxygen atoms in total. The van der Waals surface area contributed by atoms with Gasteiger partial charge in [0, 0.05) is 6.54 Å². The number of hydrogen-bond donors (Lipinski definition) is 2. The number of aryl methyl sites for hydroxylation is 1. The average molecular weight is 142 g/mol. The van der Waals surface area contributed by atoms with Crippen LogP contribution in [0.1, 0.15) is 17.8 Å². The molecule has 0 fully saturated rings. The molecule has 0 saturated heterocycles. The second kappa shape index (κ2) is 2.81. The van der Waals surface area contributed by atoms with Gasteiger partial charge in [-0.25, -0.2) is 4.98 Å². The maximum Gasteiger partial charge on any atom is 0.224 e. The lowest BCUT2D eigenvalue weighted by atomic mass is 10.4. The van der Waals surface area contributed by atoms with Crippen LogP contribution >= 0.6 is 0 Å². The summed E-state index contributed by atoms with van der Waals surface area (Å²) in [4.78, 5) is 3.79. The molecule has 10 heavy (non-hydrogen) atoms. The van der Waals surface area contributed by atoms with E-state index in [2.05, 4.69) is 4.98 Å². The highest BCUT2D eigenvalue weighted by atomic mass is 16.4. The van der Waals surface area contributed by atoms with Gasteiger partial charge in [0.1, 0.15) is 11.9 Å². The van der Waals surface area contributed by atoms with E-state index in [0.29, 0.717) is 11.7 Å². The van der Waals surface area contributed by atoms with E-state index in [4.69, 9.17) is 15.3 Å². The Balaban J connectivity index is 2.74. The molecule has 0 aliphatic heterocycles. The lowest BCUT2D eigenvalue weighted by Gasteiger charge is -1.99. The summed E-state index contributed by atoms with van der Waals surface area (Å²) in [6, 6.07) is 0. The summed E-state index contributed by atoms with van der Waals surface area (Å²) in [5.41, 5.74) is 5.16. The molecular formula is C6H10N2O2. The first-order chi connectivity index (χ1) is 4.74. The third-order valence-electron chi connectivity index (χ3n) is 1.15. The molecule has 0 spiro atoms. The zero-order valence-corrected chi connectivity index (χ0v) is 5.74. The largest absolute Gasteiger partial charge is 0.443 e. The Morgan fingerprint density at radius 1 is 1.90 bits per heavy atom. The van der Waals surface area contributed by atoms with Crippen molar-refractivity contribution in [3.63, 3.8) is 0 Å². The van der Waals surface area contributed by atoms with Gasteiger partial charge >= 0.3 is 0 Å². The molecule has 1 unspecified atom stereocenters. The molecule has 1 aromatic heterocycles. The molecule has 3 N–H and O–H groups in total. The highest BCUT2D eigenvalue weighted by Gasteiger charge is 2.09. The van der Waals surface area contributed by atoms with Crippen molar-refractivity contribution in [2.45, 2.75) is 13.0 Å². The van der Waals surface area contributed by atoms with Crippen molar-refractivity contribution >= 4 is 0 Å². The number of oxazole rings is 1. The van der Waals surface area contributed by atoms with Gasteiger partial charge in [-0.15, -0.1) is 0 Å². The second-order valence-electron chi connectivity index (χ2n) is 2.06. The van der Waals surface area contributed by atoms with Crippen LogP contribution in [-0.4, -0.2) is 16.6 Å². The van der Waals surface area contributed by atoms with E-state index in [0.717, 1.165) is 0 Å². The van der Waals surface area contributed by atoms with Crippen LogP contribution < -0.4 is 5.73 Å². The van der Waals surface area contributed by atoms with Crippen molar-refractivity contribution < 1.29 is 9.52 Å². The number of aromatic nitrogens is 1. The van der Waals surface area contributed by atoms with Gasteiger partial charge < -0.3 is 15.3 Å². The Morgan fingerprint density at radius 2 is 2.60 bits per heavy atom. The van der Waals surface area contributed by atoms with E-state index in [-0.39, 0.29) is 6.54 Å². The first-order valence-corrected chi connectivity index (χ1v) is 3.04. The van der Waals surface area contributed by atoms with Gasteiger partial charge in [-0.2, -0.15) is 0 Å². The Bertz CT molecular complexity index is 209. The Hall–Kier alpha value is -0.870. The Kier molecular flexibility index (Phi) is 2.03. The first-order valence-electron chi connectivity index (χ1n) is 3.04. The van der Waals surface area contributed by atoms with Crippen LogP contribution in [-0.2, 0) is 0 Å². The summed E-state index contributed by atoms with van der Waals surface area (Å²) in [6.45, 7) is 1.90. The molecule has 1 aromatic rings. The molecule has 0 amide bonds. The number of hydrogen-bond acceptors (Lipinski definition) is 4. The zero-order chi connectivity index (χ0) is 7.56. The van der Waals surface area contributed by atoms with E-state index >= 15 is 0 Å². The van der Waals surface area contributed by atoms with Crippen LogP contribution in [0.5, 0.6) is 0 Å². The number of nitrogens with zero attached hydrogens (tertiary/aromatic N) is 1. The van der Waals surface area contributed by atoms with E-state index in [9.17, 15) is 0 Å². The summed E-state index contributed by atoms with van der Waals surface area (Å²) in [5, 5.41) is 9.06. The lowest BCUT2D eigenvalue weighted by molar-refractivity contribution is 0.150. The van der Waals surface area contributed by atoms with Crippen LogP contribution in [0.3, 0.4) is 0 Å². The fourth-order valence-corrected chi connectivity index (χ4v) is 0.627. The second-order valence-corrected chi connectivity index (χ2v) is 2.06. The fraction of sp³-hybridized carbons (Fsp3) is 0.500. The highest BCUT2D eigenvalue weighted by molar-refractivity contribution is 4.93. The zero-order valence-electron chi connectivity index (χ0n) is 5.74. The molecule has 0 radical (unpaired) electrons. The predicted molar refractivity (Wildman–Crippen MR) is 35.3 cm³/mol. The fourth-order valence-electron chi connectivity index (χ4n) is 0.627. The molecule has 4 heteroatoms. The van der Waals surface area contributed by atoms with Gasteiger partial charge in [0.15, 0.2) is 0 Å². The summed E-state index contributed by atoms with van der Waals surface area (Å²) < 4.78 is 5.00. The van der Waals surface area contributed by atoms with Crippen LogP contribution in [0.2, 0.25) is 0 Å². The van der Waals surface area contributed by atoms with Crippen molar-refractivity contribution in [3.8, 4) is 0 Å². The van der Waals surface area contributed by atoms with Gasteiger partial charge in [0.25, 0.3) is 0 Å². The van der Waals surface area contributed by atoms with Crippen molar-refractivity contribution in [3.05, 3.63) is 17.8 Å².